The van der Waals surface area contributed by atoms with Crippen molar-refractivity contribution in [2.24, 2.45) is 10.8 Å². The molecule has 0 saturated heterocycles. The molecule has 0 saturated carbocycles. The van der Waals surface area contributed by atoms with Crippen molar-refractivity contribution in [2.75, 3.05) is 26.9 Å². The standard InChI is InChI=1S/C28H36BrNO4/c1-7-34-23-9-8-17(12-18(23)29)24-25-19(13-27(2,3)15-21(25)31)30(10-11-33-6)20-14-28(4,5)16-22(32)26(20)24/h8-9,12,24H,7,10-11,13-16H2,1-6H3. The molecule has 0 bridgehead atoms. The van der Waals surface area contributed by atoms with E-state index in [-0.39, 0.29) is 28.3 Å². The van der Waals surface area contributed by atoms with Crippen LogP contribution in [0.2, 0.25) is 0 Å². The van der Waals surface area contributed by atoms with Crippen molar-refractivity contribution in [3.8, 4) is 5.75 Å². The van der Waals surface area contributed by atoms with Crippen LogP contribution in [0.1, 0.15) is 71.8 Å². The number of Topliss-reactive ketones (excluding diaryl/α,β-unsaturated/α-hetero) is 2. The third kappa shape index (κ3) is 4.64. The van der Waals surface area contributed by atoms with Crippen LogP contribution >= 0.6 is 15.9 Å². The third-order valence-corrected chi connectivity index (χ3v) is 7.75. The maximum atomic E-state index is 13.7. The van der Waals surface area contributed by atoms with Gasteiger partial charge in [0.05, 0.1) is 17.7 Å². The lowest BCUT2D eigenvalue weighted by Crippen LogP contribution is -2.45. The zero-order valence-electron chi connectivity index (χ0n) is 21.2. The maximum absolute atomic E-state index is 13.7. The lowest BCUT2D eigenvalue weighted by Gasteiger charge is -2.49. The van der Waals surface area contributed by atoms with Crippen LogP contribution in [0.3, 0.4) is 0 Å². The van der Waals surface area contributed by atoms with Gasteiger partial charge in [0.15, 0.2) is 11.6 Å². The Kier molecular flexibility index (Phi) is 6.87. The molecule has 34 heavy (non-hydrogen) atoms. The van der Waals surface area contributed by atoms with E-state index in [1.165, 1.54) is 0 Å². The number of carbonyl (C=O) groups is 2. The Morgan fingerprint density at radius 1 is 0.971 bits per heavy atom. The minimum Gasteiger partial charge on any atom is -0.493 e. The Balaban J connectivity index is 1.95. The van der Waals surface area contributed by atoms with Gasteiger partial charge in [0.1, 0.15) is 5.75 Å². The molecule has 0 spiro atoms. The van der Waals surface area contributed by atoms with Crippen molar-refractivity contribution in [3.63, 3.8) is 0 Å². The third-order valence-electron chi connectivity index (χ3n) is 7.13. The number of ether oxygens (including phenoxy) is 2. The SMILES string of the molecule is CCOc1ccc(C2C3=C(CC(C)(C)CC3=O)N(CCOC)C3=C2C(=O)CC(C)(C)C3)cc1Br. The number of benzene rings is 1. The largest absolute Gasteiger partial charge is 0.493 e. The topological polar surface area (TPSA) is 55.8 Å². The van der Waals surface area contributed by atoms with Gasteiger partial charge in [0.2, 0.25) is 0 Å². The van der Waals surface area contributed by atoms with E-state index in [0.717, 1.165) is 51.2 Å². The lowest BCUT2D eigenvalue weighted by atomic mass is 9.63. The van der Waals surface area contributed by atoms with Gasteiger partial charge in [-0.25, -0.2) is 0 Å². The number of rotatable bonds is 6. The van der Waals surface area contributed by atoms with Gasteiger partial charge in [0.25, 0.3) is 0 Å². The molecule has 0 unspecified atom stereocenters. The Morgan fingerprint density at radius 2 is 1.53 bits per heavy atom. The average Bonchev–Trinajstić information content (AvgIpc) is 2.71. The molecule has 0 atom stereocenters. The molecule has 1 aromatic rings. The molecule has 0 amide bonds. The number of hydrogen-bond acceptors (Lipinski definition) is 5. The van der Waals surface area contributed by atoms with E-state index in [1.807, 2.05) is 25.1 Å². The van der Waals surface area contributed by atoms with Crippen molar-refractivity contribution in [1.82, 2.24) is 4.90 Å². The van der Waals surface area contributed by atoms with Crippen LogP contribution in [-0.4, -0.2) is 43.3 Å². The van der Waals surface area contributed by atoms with E-state index in [0.29, 0.717) is 32.6 Å². The molecule has 1 heterocycles. The van der Waals surface area contributed by atoms with Crippen molar-refractivity contribution in [3.05, 3.63) is 50.8 Å². The van der Waals surface area contributed by atoms with Gasteiger partial charge in [-0.3, -0.25) is 9.59 Å². The number of halogens is 1. The Hall–Kier alpha value is -1.92. The second-order valence-corrected chi connectivity index (χ2v) is 12.2. The Morgan fingerprint density at radius 3 is 2.00 bits per heavy atom. The predicted octanol–water partition coefficient (Wildman–Crippen LogP) is 6.18. The zero-order chi connectivity index (χ0) is 24.8. The summed E-state index contributed by atoms with van der Waals surface area (Å²) in [6.45, 7) is 12.3. The predicted molar refractivity (Wildman–Crippen MR) is 137 cm³/mol. The number of hydrogen-bond donors (Lipinski definition) is 0. The van der Waals surface area contributed by atoms with Gasteiger partial charge < -0.3 is 14.4 Å². The molecule has 1 aliphatic heterocycles. The van der Waals surface area contributed by atoms with Gasteiger partial charge >= 0.3 is 0 Å². The molecule has 0 N–H and O–H groups in total. The number of methoxy groups -OCH3 is 1. The number of ketones is 2. The monoisotopic (exact) mass is 529 g/mol. The highest BCUT2D eigenvalue weighted by Crippen LogP contribution is 2.54. The molecule has 2 aliphatic carbocycles. The van der Waals surface area contributed by atoms with Crippen LogP contribution in [0, 0.1) is 10.8 Å². The smallest absolute Gasteiger partial charge is 0.162 e. The number of carbonyl (C=O) groups excluding carboxylic acids is 2. The van der Waals surface area contributed by atoms with Crippen molar-refractivity contribution in [1.29, 1.82) is 0 Å². The highest BCUT2D eigenvalue weighted by Gasteiger charge is 2.48. The molecule has 1 aromatic carbocycles. The van der Waals surface area contributed by atoms with Gasteiger partial charge in [-0.1, -0.05) is 33.8 Å². The quantitative estimate of drug-likeness (QED) is 0.440. The van der Waals surface area contributed by atoms with Gasteiger partial charge in [-0.2, -0.15) is 0 Å². The van der Waals surface area contributed by atoms with E-state index in [4.69, 9.17) is 9.47 Å². The molecule has 184 valence electrons. The molecule has 6 heteroatoms. The van der Waals surface area contributed by atoms with Crippen LogP contribution < -0.4 is 4.74 Å². The Bertz CT molecular complexity index is 1030. The van der Waals surface area contributed by atoms with E-state index in [9.17, 15) is 9.59 Å². The van der Waals surface area contributed by atoms with Crippen LogP contribution in [0.25, 0.3) is 0 Å². The molecule has 0 fully saturated rings. The highest BCUT2D eigenvalue weighted by atomic mass is 79.9. The van der Waals surface area contributed by atoms with E-state index in [2.05, 4.69) is 48.5 Å². The van der Waals surface area contributed by atoms with Gasteiger partial charge in [0, 0.05) is 55.0 Å². The summed E-state index contributed by atoms with van der Waals surface area (Å²) >= 11 is 3.65. The first-order chi connectivity index (χ1) is 16.0. The van der Waals surface area contributed by atoms with Crippen LogP contribution in [0.5, 0.6) is 5.75 Å². The fourth-order valence-corrected chi connectivity index (χ4v) is 6.31. The van der Waals surface area contributed by atoms with E-state index < -0.39 is 0 Å². The van der Waals surface area contributed by atoms with Gasteiger partial charge in [-0.15, -0.1) is 0 Å². The average molecular weight is 531 g/mol. The summed E-state index contributed by atoms with van der Waals surface area (Å²) in [5.41, 5.74) is 4.42. The van der Waals surface area contributed by atoms with Crippen molar-refractivity contribution < 1.29 is 19.1 Å². The molecular weight excluding hydrogens is 494 g/mol. The zero-order valence-corrected chi connectivity index (χ0v) is 22.8. The molecule has 0 radical (unpaired) electrons. The van der Waals surface area contributed by atoms with Gasteiger partial charge in [-0.05, 0) is 64.2 Å². The second-order valence-electron chi connectivity index (χ2n) is 11.3. The van der Waals surface area contributed by atoms with Crippen molar-refractivity contribution in [2.45, 2.75) is 66.2 Å². The summed E-state index contributed by atoms with van der Waals surface area (Å²) in [4.78, 5) is 29.7. The molecular formula is C28H36BrNO4. The molecule has 0 aromatic heterocycles. The summed E-state index contributed by atoms with van der Waals surface area (Å²) in [5.74, 6) is 0.711. The minimum atomic E-state index is -0.344. The second kappa shape index (κ2) is 9.27. The van der Waals surface area contributed by atoms with E-state index in [1.54, 1.807) is 7.11 Å². The van der Waals surface area contributed by atoms with E-state index >= 15 is 0 Å². The fraction of sp³-hybridized carbons (Fsp3) is 0.571. The fourth-order valence-electron chi connectivity index (χ4n) is 5.80. The summed E-state index contributed by atoms with van der Waals surface area (Å²) < 4.78 is 12.0. The summed E-state index contributed by atoms with van der Waals surface area (Å²) in [5, 5.41) is 0. The first-order valence-corrected chi connectivity index (χ1v) is 13.0. The summed E-state index contributed by atoms with van der Waals surface area (Å²) in [6.07, 6.45) is 2.58. The first-order valence-electron chi connectivity index (χ1n) is 12.2. The minimum absolute atomic E-state index is 0.128. The first kappa shape index (κ1) is 25.2. The van der Waals surface area contributed by atoms with Crippen LogP contribution in [0.4, 0.5) is 0 Å². The summed E-state index contributed by atoms with van der Waals surface area (Å²) in [6, 6.07) is 5.98. The maximum Gasteiger partial charge on any atom is 0.162 e. The Labute approximate surface area is 211 Å². The molecule has 3 aliphatic rings. The number of nitrogens with zero attached hydrogens (tertiary/aromatic N) is 1. The number of allylic oxidation sites excluding steroid dienone is 4. The van der Waals surface area contributed by atoms with Crippen LogP contribution in [-0.2, 0) is 14.3 Å². The molecule has 5 nitrogen and oxygen atoms in total. The van der Waals surface area contributed by atoms with Crippen LogP contribution in [0.15, 0.2) is 45.2 Å². The summed E-state index contributed by atoms with van der Waals surface area (Å²) in [7, 11) is 1.70. The molecule has 4 rings (SSSR count). The van der Waals surface area contributed by atoms with Crippen molar-refractivity contribution >= 4 is 27.5 Å². The normalized spacial score (nSPS) is 22.1. The highest BCUT2D eigenvalue weighted by molar-refractivity contribution is 9.10. The lowest BCUT2D eigenvalue weighted by molar-refractivity contribution is -0.119.